The van der Waals surface area contributed by atoms with E-state index in [-0.39, 0.29) is 29.6 Å². The third-order valence-corrected chi connectivity index (χ3v) is 4.73. The molecule has 0 heterocycles. The van der Waals surface area contributed by atoms with Gasteiger partial charge in [-0.25, -0.2) is 0 Å². The van der Waals surface area contributed by atoms with E-state index in [0.717, 1.165) is 0 Å². The highest BCUT2D eigenvalue weighted by atomic mass is 16.3. The number of phenols is 2. The summed E-state index contributed by atoms with van der Waals surface area (Å²) >= 11 is 0. The number of hydrogen-bond acceptors (Lipinski definition) is 4. The second-order valence-corrected chi connectivity index (χ2v) is 5.93. The predicted octanol–water partition coefficient (Wildman–Crippen LogP) is 2.74. The molecule has 110 valence electrons. The molecule has 0 amide bonds. The largest absolute Gasteiger partial charge is 0.507 e. The lowest BCUT2D eigenvalue weighted by molar-refractivity contribution is -0.136. The molecule has 1 fully saturated rings. The van der Waals surface area contributed by atoms with Crippen LogP contribution in [0.4, 0.5) is 0 Å². The lowest BCUT2D eigenvalue weighted by Crippen LogP contribution is -2.30. The van der Waals surface area contributed by atoms with Crippen molar-refractivity contribution in [1.29, 1.82) is 0 Å². The number of rotatable bonds is 0. The first-order chi connectivity index (χ1) is 10.6. The standard InChI is InChI=1S/C18H14O4/c19-15-6-5-9-7-13-14(8-12(9)18(15)22)17(21)11-4-2-1-3-10(11)16(13)20/h1-4,8-9,20-21H,5-7H2. The Balaban J connectivity index is 2.02. The maximum absolute atomic E-state index is 12.1. The van der Waals surface area contributed by atoms with Gasteiger partial charge in [0.1, 0.15) is 11.5 Å². The average Bonchev–Trinajstić information content (AvgIpc) is 2.55. The molecule has 2 aliphatic rings. The summed E-state index contributed by atoms with van der Waals surface area (Å²) in [6.45, 7) is 0. The van der Waals surface area contributed by atoms with Crippen LogP contribution in [0.5, 0.6) is 11.5 Å². The number of fused-ring (bicyclic) bond motifs is 3. The molecule has 22 heavy (non-hydrogen) atoms. The van der Waals surface area contributed by atoms with E-state index in [4.69, 9.17) is 0 Å². The molecular weight excluding hydrogens is 280 g/mol. The van der Waals surface area contributed by atoms with Gasteiger partial charge in [-0.05, 0) is 24.8 Å². The zero-order chi connectivity index (χ0) is 15.4. The van der Waals surface area contributed by atoms with Crippen LogP contribution in [0, 0.1) is 5.92 Å². The average molecular weight is 294 g/mol. The summed E-state index contributed by atoms with van der Waals surface area (Å²) in [6, 6.07) is 7.07. The van der Waals surface area contributed by atoms with Gasteiger partial charge < -0.3 is 10.2 Å². The molecule has 2 N–H and O–H groups in total. The maximum atomic E-state index is 12.1. The molecule has 4 heteroatoms. The molecule has 0 bridgehead atoms. The van der Waals surface area contributed by atoms with E-state index < -0.39 is 5.78 Å². The highest BCUT2D eigenvalue weighted by Crippen LogP contribution is 2.46. The summed E-state index contributed by atoms with van der Waals surface area (Å²) in [5, 5.41) is 22.2. The quantitative estimate of drug-likeness (QED) is 0.578. The lowest BCUT2D eigenvalue weighted by atomic mass is 9.73. The van der Waals surface area contributed by atoms with Gasteiger partial charge >= 0.3 is 0 Å². The van der Waals surface area contributed by atoms with Crippen molar-refractivity contribution in [2.75, 3.05) is 0 Å². The number of ketones is 2. The highest BCUT2D eigenvalue weighted by molar-refractivity contribution is 6.45. The van der Waals surface area contributed by atoms with E-state index >= 15 is 0 Å². The zero-order valence-electron chi connectivity index (χ0n) is 11.8. The minimum atomic E-state index is -0.450. The molecule has 0 aliphatic heterocycles. The Hall–Kier alpha value is -2.62. The van der Waals surface area contributed by atoms with Gasteiger partial charge in [0.25, 0.3) is 0 Å². The van der Waals surface area contributed by atoms with Crippen LogP contribution in [0.25, 0.3) is 16.8 Å². The van der Waals surface area contributed by atoms with Gasteiger partial charge in [0, 0.05) is 33.9 Å². The van der Waals surface area contributed by atoms with Gasteiger partial charge in [-0.1, -0.05) is 24.3 Å². The van der Waals surface area contributed by atoms with Crippen molar-refractivity contribution < 1.29 is 19.8 Å². The lowest BCUT2D eigenvalue weighted by Gasteiger charge is -2.29. The number of Topliss-reactive ketones (excluding diaryl/α,β-unsaturated/α-hetero) is 2. The molecule has 0 radical (unpaired) electrons. The SMILES string of the molecule is O=C1CCC2Cc3c(c(O)c4ccccc4c3O)C=C2C1=O. The normalized spacial score (nSPS) is 20.5. The fourth-order valence-electron chi connectivity index (χ4n) is 3.55. The van der Waals surface area contributed by atoms with Crippen molar-refractivity contribution in [1.82, 2.24) is 0 Å². The van der Waals surface area contributed by atoms with Crippen LogP contribution in [0.15, 0.2) is 29.8 Å². The van der Waals surface area contributed by atoms with Crippen LogP contribution in [0.2, 0.25) is 0 Å². The van der Waals surface area contributed by atoms with Crippen molar-refractivity contribution in [3.8, 4) is 11.5 Å². The number of allylic oxidation sites excluding steroid dienone is 1. The highest BCUT2D eigenvalue weighted by Gasteiger charge is 2.36. The number of phenolic OH excluding ortho intramolecular Hbond substituents is 2. The minimum absolute atomic E-state index is 0.0517. The molecule has 0 spiro atoms. The predicted molar refractivity (Wildman–Crippen MR) is 81.7 cm³/mol. The first kappa shape index (κ1) is 13.1. The summed E-state index contributed by atoms with van der Waals surface area (Å²) in [7, 11) is 0. The first-order valence-corrected chi connectivity index (χ1v) is 7.32. The number of benzene rings is 2. The van der Waals surface area contributed by atoms with Crippen LogP contribution in [0.1, 0.15) is 24.0 Å². The Morgan fingerprint density at radius 1 is 1.00 bits per heavy atom. The summed E-state index contributed by atoms with van der Waals surface area (Å²) in [6.07, 6.45) is 2.94. The van der Waals surface area contributed by atoms with Gasteiger partial charge in [0.2, 0.25) is 11.6 Å². The Kier molecular flexibility index (Phi) is 2.64. The number of aromatic hydroxyl groups is 2. The van der Waals surface area contributed by atoms with Crippen LogP contribution >= 0.6 is 0 Å². The second-order valence-electron chi connectivity index (χ2n) is 5.93. The zero-order valence-corrected chi connectivity index (χ0v) is 11.8. The molecule has 2 aromatic rings. The number of carbonyl (C=O) groups excluding carboxylic acids is 2. The molecule has 1 atom stereocenters. The van der Waals surface area contributed by atoms with Crippen LogP contribution in [-0.2, 0) is 16.0 Å². The van der Waals surface area contributed by atoms with Crippen molar-refractivity contribution >= 4 is 28.4 Å². The van der Waals surface area contributed by atoms with E-state index in [1.807, 2.05) is 0 Å². The topological polar surface area (TPSA) is 74.6 Å². The summed E-state index contributed by atoms with van der Waals surface area (Å²) in [5.41, 5.74) is 1.59. The summed E-state index contributed by atoms with van der Waals surface area (Å²) in [5.74, 6) is -0.656. The number of carbonyl (C=O) groups is 2. The Labute approximate surface area is 126 Å². The summed E-state index contributed by atoms with van der Waals surface area (Å²) in [4.78, 5) is 23.7. The van der Waals surface area contributed by atoms with E-state index in [0.29, 0.717) is 40.3 Å². The molecular formula is C18H14O4. The Bertz CT molecular complexity index is 876. The fourth-order valence-corrected chi connectivity index (χ4v) is 3.55. The fraction of sp³-hybridized carbons (Fsp3) is 0.222. The van der Waals surface area contributed by atoms with Crippen molar-refractivity contribution in [3.05, 3.63) is 41.0 Å². The molecule has 1 saturated carbocycles. The molecule has 2 aliphatic carbocycles. The monoisotopic (exact) mass is 294 g/mol. The van der Waals surface area contributed by atoms with Gasteiger partial charge in [-0.2, -0.15) is 0 Å². The minimum Gasteiger partial charge on any atom is -0.507 e. The maximum Gasteiger partial charge on any atom is 0.224 e. The van der Waals surface area contributed by atoms with Gasteiger partial charge in [0.05, 0.1) is 0 Å². The van der Waals surface area contributed by atoms with Crippen molar-refractivity contribution in [2.24, 2.45) is 5.92 Å². The molecule has 0 aromatic heterocycles. The smallest absolute Gasteiger partial charge is 0.224 e. The molecule has 0 saturated heterocycles. The number of hydrogen-bond donors (Lipinski definition) is 2. The van der Waals surface area contributed by atoms with E-state index in [1.165, 1.54) is 0 Å². The van der Waals surface area contributed by atoms with Crippen molar-refractivity contribution in [3.63, 3.8) is 0 Å². The third kappa shape index (κ3) is 1.64. The molecule has 4 rings (SSSR count). The van der Waals surface area contributed by atoms with E-state index in [2.05, 4.69) is 0 Å². The van der Waals surface area contributed by atoms with E-state index in [1.54, 1.807) is 30.3 Å². The third-order valence-electron chi connectivity index (χ3n) is 4.73. The molecule has 4 nitrogen and oxygen atoms in total. The Morgan fingerprint density at radius 2 is 1.68 bits per heavy atom. The van der Waals surface area contributed by atoms with Crippen LogP contribution < -0.4 is 0 Å². The second kappa shape index (κ2) is 4.44. The summed E-state index contributed by atoms with van der Waals surface area (Å²) < 4.78 is 0. The van der Waals surface area contributed by atoms with Crippen LogP contribution in [0.3, 0.4) is 0 Å². The van der Waals surface area contributed by atoms with Gasteiger partial charge in [0.15, 0.2) is 0 Å². The van der Waals surface area contributed by atoms with Gasteiger partial charge in [-0.15, -0.1) is 0 Å². The Morgan fingerprint density at radius 3 is 2.41 bits per heavy atom. The van der Waals surface area contributed by atoms with E-state index in [9.17, 15) is 19.8 Å². The van der Waals surface area contributed by atoms with Crippen LogP contribution in [-0.4, -0.2) is 21.8 Å². The van der Waals surface area contributed by atoms with Gasteiger partial charge in [-0.3, -0.25) is 9.59 Å². The van der Waals surface area contributed by atoms with Crippen molar-refractivity contribution in [2.45, 2.75) is 19.3 Å². The molecule has 1 unspecified atom stereocenters. The first-order valence-electron chi connectivity index (χ1n) is 7.32. The molecule has 2 aromatic carbocycles.